The molecule has 3 rings (SSSR count). The molecule has 120 valence electrons. The third kappa shape index (κ3) is 3.37. The zero-order valence-corrected chi connectivity index (χ0v) is 13.1. The summed E-state index contributed by atoms with van der Waals surface area (Å²) in [7, 11) is 0. The molecule has 1 fully saturated rings. The number of carboxylic acids is 1. The molecule has 1 N–H and O–H groups in total. The van der Waals surface area contributed by atoms with E-state index in [1.807, 2.05) is 23.1 Å². The van der Waals surface area contributed by atoms with E-state index in [1.54, 1.807) is 24.4 Å². The zero-order valence-electron chi connectivity index (χ0n) is 12.4. The SMILES string of the molecule is O=C(O)C1(Oc2ccccc2)CCN(c2cnnc(Cl)c2)CC1. The Hall–Kier alpha value is -2.34. The molecule has 6 nitrogen and oxygen atoms in total. The smallest absolute Gasteiger partial charge is 0.348 e. The quantitative estimate of drug-likeness (QED) is 0.927. The molecule has 23 heavy (non-hydrogen) atoms. The highest BCUT2D eigenvalue weighted by Gasteiger charge is 2.44. The Labute approximate surface area is 138 Å². The standard InChI is InChI=1S/C16H16ClN3O3/c17-14-10-12(11-18-19-14)20-8-6-16(7-9-20,15(21)22)23-13-4-2-1-3-5-13/h1-5,10-11H,6-9H2,(H,21,22). The molecule has 0 spiro atoms. The minimum absolute atomic E-state index is 0.318. The van der Waals surface area contributed by atoms with Crippen LogP contribution in [-0.4, -0.2) is 40.0 Å². The first-order valence-corrected chi connectivity index (χ1v) is 7.67. The van der Waals surface area contributed by atoms with Crippen molar-refractivity contribution in [2.75, 3.05) is 18.0 Å². The second kappa shape index (κ2) is 6.42. The van der Waals surface area contributed by atoms with E-state index in [0.717, 1.165) is 5.69 Å². The number of piperidine rings is 1. The lowest BCUT2D eigenvalue weighted by Gasteiger charge is -2.39. The number of benzene rings is 1. The van der Waals surface area contributed by atoms with Gasteiger partial charge in [-0.25, -0.2) is 4.79 Å². The Morgan fingerprint density at radius 1 is 1.26 bits per heavy atom. The van der Waals surface area contributed by atoms with Crippen LogP contribution in [0.3, 0.4) is 0 Å². The Morgan fingerprint density at radius 2 is 1.96 bits per heavy atom. The fourth-order valence-corrected chi connectivity index (χ4v) is 2.86. The molecule has 1 aliphatic rings. The van der Waals surface area contributed by atoms with Crippen LogP contribution in [0.5, 0.6) is 5.75 Å². The van der Waals surface area contributed by atoms with E-state index >= 15 is 0 Å². The number of rotatable bonds is 4. The molecule has 1 aromatic heterocycles. The Morgan fingerprint density at radius 3 is 2.57 bits per heavy atom. The zero-order chi connectivity index (χ0) is 16.3. The minimum Gasteiger partial charge on any atom is -0.478 e. The van der Waals surface area contributed by atoms with Gasteiger partial charge in [0.05, 0.1) is 11.9 Å². The third-order valence-electron chi connectivity index (χ3n) is 3.99. The van der Waals surface area contributed by atoms with E-state index in [-0.39, 0.29) is 0 Å². The van der Waals surface area contributed by atoms with Crippen molar-refractivity contribution in [1.82, 2.24) is 10.2 Å². The van der Waals surface area contributed by atoms with Crippen molar-refractivity contribution >= 4 is 23.3 Å². The summed E-state index contributed by atoms with van der Waals surface area (Å²) in [5.41, 5.74) is -0.369. The molecule has 2 heterocycles. The predicted molar refractivity (Wildman–Crippen MR) is 85.9 cm³/mol. The lowest BCUT2D eigenvalue weighted by atomic mass is 9.91. The van der Waals surface area contributed by atoms with Crippen molar-refractivity contribution in [2.24, 2.45) is 0 Å². The van der Waals surface area contributed by atoms with Crippen LogP contribution in [0.4, 0.5) is 5.69 Å². The molecule has 0 aliphatic carbocycles. The van der Waals surface area contributed by atoms with Gasteiger partial charge in [0.2, 0.25) is 5.60 Å². The number of carbonyl (C=O) groups is 1. The van der Waals surface area contributed by atoms with Gasteiger partial charge in [-0.3, -0.25) is 0 Å². The van der Waals surface area contributed by atoms with Crippen LogP contribution < -0.4 is 9.64 Å². The second-order valence-corrected chi connectivity index (χ2v) is 5.83. The van der Waals surface area contributed by atoms with Gasteiger partial charge in [-0.1, -0.05) is 29.8 Å². The van der Waals surface area contributed by atoms with Gasteiger partial charge in [-0.15, -0.1) is 5.10 Å². The maximum absolute atomic E-state index is 11.8. The molecule has 1 aromatic carbocycles. The highest BCUT2D eigenvalue weighted by Crippen LogP contribution is 2.31. The monoisotopic (exact) mass is 333 g/mol. The number of hydrogen-bond donors (Lipinski definition) is 1. The molecule has 0 saturated carbocycles. The molecular formula is C16H16ClN3O3. The van der Waals surface area contributed by atoms with E-state index in [4.69, 9.17) is 16.3 Å². The second-order valence-electron chi connectivity index (χ2n) is 5.44. The van der Waals surface area contributed by atoms with Crippen LogP contribution in [0.25, 0.3) is 0 Å². The Kier molecular flexibility index (Phi) is 4.34. The summed E-state index contributed by atoms with van der Waals surface area (Å²) in [5.74, 6) is -0.371. The molecule has 1 saturated heterocycles. The number of ether oxygens (including phenoxy) is 1. The molecule has 2 aromatic rings. The summed E-state index contributed by atoms with van der Waals surface area (Å²) >= 11 is 5.86. The van der Waals surface area contributed by atoms with Crippen molar-refractivity contribution in [3.63, 3.8) is 0 Å². The summed E-state index contributed by atoms with van der Waals surface area (Å²) in [6.45, 7) is 1.09. The van der Waals surface area contributed by atoms with E-state index in [0.29, 0.717) is 36.8 Å². The molecule has 1 aliphatic heterocycles. The number of nitrogens with zero attached hydrogens (tertiary/aromatic N) is 3. The Bertz CT molecular complexity index is 688. The van der Waals surface area contributed by atoms with E-state index in [2.05, 4.69) is 10.2 Å². The van der Waals surface area contributed by atoms with Crippen molar-refractivity contribution in [1.29, 1.82) is 0 Å². The van der Waals surface area contributed by atoms with Crippen molar-refractivity contribution in [2.45, 2.75) is 18.4 Å². The van der Waals surface area contributed by atoms with Crippen molar-refractivity contribution in [3.05, 3.63) is 47.7 Å². The van der Waals surface area contributed by atoms with Crippen molar-refractivity contribution in [3.8, 4) is 5.75 Å². The van der Waals surface area contributed by atoms with Crippen molar-refractivity contribution < 1.29 is 14.6 Å². The Balaban J connectivity index is 1.74. The maximum Gasteiger partial charge on any atom is 0.348 e. The summed E-state index contributed by atoms with van der Waals surface area (Å²) in [5, 5.41) is 17.5. The number of para-hydroxylation sites is 1. The topological polar surface area (TPSA) is 75.6 Å². The van der Waals surface area contributed by atoms with Gasteiger partial charge in [0.1, 0.15) is 5.75 Å². The summed E-state index contributed by atoms with van der Waals surface area (Å²) < 4.78 is 5.83. The number of aliphatic carboxylic acids is 1. The fourth-order valence-electron chi connectivity index (χ4n) is 2.70. The van der Waals surface area contributed by atoms with Gasteiger partial charge in [-0.05, 0) is 12.1 Å². The molecule has 0 radical (unpaired) electrons. The number of aromatic nitrogens is 2. The van der Waals surface area contributed by atoms with Gasteiger partial charge in [0.25, 0.3) is 0 Å². The van der Waals surface area contributed by atoms with Gasteiger partial charge >= 0.3 is 5.97 Å². The maximum atomic E-state index is 11.8. The normalized spacial score (nSPS) is 16.8. The molecule has 0 atom stereocenters. The average molecular weight is 334 g/mol. The summed E-state index contributed by atoms with van der Waals surface area (Å²) in [6, 6.07) is 10.8. The molecular weight excluding hydrogens is 318 g/mol. The van der Waals surface area contributed by atoms with Crippen LogP contribution >= 0.6 is 11.6 Å². The highest BCUT2D eigenvalue weighted by atomic mass is 35.5. The van der Waals surface area contributed by atoms with Crippen LogP contribution in [-0.2, 0) is 4.79 Å². The third-order valence-corrected chi connectivity index (χ3v) is 4.18. The van der Waals surface area contributed by atoms with E-state index in [9.17, 15) is 9.90 Å². The highest BCUT2D eigenvalue weighted by molar-refractivity contribution is 6.29. The molecule has 0 amide bonds. The summed E-state index contributed by atoms with van der Waals surface area (Å²) in [4.78, 5) is 13.8. The first-order chi connectivity index (χ1) is 11.1. The molecule has 0 unspecified atom stereocenters. The first kappa shape index (κ1) is 15.6. The van der Waals surface area contributed by atoms with Gasteiger partial charge in [-0.2, -0.15) is 5.10 Å². The van der Waals surface area contributed by atoms with Gasteiger partial charge in [0, 0.05) is 32.0 Å². The van der Waals surface area contributed by atoms with Gasteiger partial charge in [0.15, 0.2) is 5.15 Å². The minimum atomic E-state index is -1.21. The predicted octanol–water partition coefficient (Wildman–Crippen LogP) is 2.63. The molecule has 7 heteroatoms. The van der Waals surface area contributed by atoms with Crippen LogP contribution in [0.1, 0.15) is 12.8 Å². The van der Waals surface area contributed by atoms with Crippen LogP contribution in [0, 0.1) is 0 Å². The lowest BCUT2D eigenvalue weighted by molar-refractivity contribution is -0.157. The lowest BCUT2D eigenvalue weighted by Crippen LogP contribution is -2.53. The largest absolute Gasteiger partial charge is 0.478 e. The number of hydrogen-bond acceptors (Lipinski definition) is 5. The number of carboxylic acid groups (broad SMARTS) is 1. The van der Waals surface area contributed by atoms with Crippen LogP contribution in [0.15, 0.2) is 42.6 Å². The number of halogens is 1. The van der Waals surface area contributed by atoms with E-state index < -0.39 is 11.6 Å². The average Bonchev–Trinajstić information content (AvgIpc) is 2.56. The number of anilines is 1. The van der Waals surface area contributed by atoms with Gasteiger partial charge < -0.3 is 14.7 Å². The van der Waals surface area contributed by atoms with E-state index in [1.165, 1.54) is 0 Å². The first-order valence-electron chi connectivity index (χ1n) is 7.30. The summed E-state index contributed by atoms with van der Waals surface area (Å²) in [6.07, 6.45) is 2.37. The van der Waals surface area contributed by atoms with Crippen LogP contribution in [0.2, 0.25) is 5.15 Å². The molecule has 0 bridgehead atoms. The fraction of sp³-hybridized carbons (Fsp3) is 0.312.